The van der Waals surface area contributed by atoms with E-state index in [1.165, 1.54) is 0 Å². The summed E-state index contributed by atoms with van der Waals surface area (Å²) < 4.78 is 20.7. The second-order valence-electron chi connectivity index (χ2n) is 6.47. The minimum Gasteiger partial charge on any atom is -0.378 e. The molecule has 1 N–H and O–H groups in total. The highest BCUT2D eigenvalue weighted by Gasteiger charge is 2.28. The first kappa shape index (κ1) is 16.4. The lowest BCUT2D eigenvalue weighted by atomic mass is 9.89. The molecule has 2 aromatic heterocycles. The van der Waals surface area contributed by atoms with Gasteiger partial charge >= 0.3 is 0 Å². The summed E-state index contributed by atoms with van der Waals surface area (Å²) in [6, 6.07) is -0.345. The minimum atomic E-state index is -1.07. The molecule has 0 amide bonds. The van der Waals surface area contributed by atoms with Gasteiger partial charge in [0.25, 0.3) is 0 Å². The Balaban J connectivity index is 1.96. The summed E-state index contributed by atoms with van der Waals surface area (Å²) in [5.41, 5.74) is 0.473. The molecule has 0 radical (unpaired) electrons. The summed E-state index contributed by atoms with van der Waals surface area (Å²) in [7, 11) is 0. The Labute approximate surface area is 139 Å². The van der Waals surface area contributed by atoms with Gasteiger partial charge in [0.05, 0.1) is 18.8 Å². The second kappa shape index (κ2) is 6.20. The number of ether oxygens (including phenoxy) is 1. The Kier molecular flexibility index (Phi) is 4.42. The third-order valence-corrected chi connectivity index (χ3v) is 4.72. The number of aromatic nitrogens is 4. The first-order chi connectivity index (χ1) is 10.9. The smallest absolute Gasteiger partial charge is 0.241 e. The van der Waals surface area contributed by atoms with Crippen LogP contribution in [0.2, 0.25) is 5.15 Å². The maximum atomic E-state index is 13.9. The van der Waals surface area contributed by atoms with Crippen molar-refractivity contribution in [1.29, 1.82) is 0 Å². The number of nitrogens with one attached hydrogen (secondary N) is 1. The number of imidazole rings is 1. The fourth-order valence-corrected chi connectivity index (χ4v) is 2.75. The molecule has 2 aromatic rings. The van der Waals surface area contributed by atoms with E-state index in [0.29, 0.717) is 29.6 Å². The van der Waals surface area contributed by atoms with Gasteiger partial charge in [0.15, 0.2) is 5.15 Å². The van der Waals surface area contributed by atoms with Crippen molar-refractivity contribution in [3.8, 4) is 0 Å². The van der Waals surface area contributed by atoms with Gasteiger partial charge < -0.3 is 10.1 Å². The largest absolute Gasteiger partial charge is 0.378 e. The molecular weight excluding hydrogens is 321 g/mol. The van der Waals surface area contributed by atoms with E-state index in [0.717, 1.165) is 12.2 Å². The SMILES string of the molecule is CCC(C)(C)c1nc(Cl)c2cnc(N[C@H]3CCOC[C@H]3F)nn12. The van der Waals surface area contributed by atoms with Crippen LogP contribution in [-0.4, -0.2) is 45.0 Å². The van der Waals surface area contributed by atoms with Crippen LogP contribution in [-0.2, 0) is 10.2 Å². The second-order valence-corrected chi connectivity index (χ2v) is 6.83. The van der Waals surface area contributed by atoms with E-state index in [1.54, 1.807) is 10.7 Å². The summed E-state index contributed by atoms with van der Waals surface area (Å²) in [4.78, 5) is 8.68. The van der Waals surface area contributed by atoms with Gasteiger partial charge in [0.2, 0.25) is 5.95 Å². The fraction of sp³-hybridized carbons (Fsp3) is 0.667. The zero-order valence-electron chi connectivity index (χ0n) is 13.5. The van der Waals surface area contributed by atoms with Crippen molar-refractivity contribution in [2.45, 2.75) is 51.2 Å². The molecule has 3 rings (SSSR count). The van der Waals surface area contributed by atoms with E-state index in [2.05, 4.69) is 41.2 Å². The number of fused-ring (bicyclic) bond motifs is 1. The van der Waals surface area contributed by atoms with E-state index in [1.807, 2.05) is 0 Å². The average Bonchev–Trinajstić information content (AvgIpc) is 2.87. The Morgan fingerprint density at radius 3 is 3.00 bits per heavy atom. The molecule has 6 nitrogen and oxygen atoms in total. The summed E-state index contributed by atoms with van der Waals surface area (Å²) in [5, 5.41) is 7.92. The van der Waals surface area contributed by atoms with Gasteiger partial charge in [-0.1, -0.05) is 32.4 Å². The molecular formula is C15H21ClFN5O. The summed E-state index contributed by atoms with van der Waals surface area (Å²) in [5.74, 6) is 1.14. The van der Waals surface area contributed by atoms with E-state index >= 15 is 0 Å². The number of halogens is 2. The van der Waals surface area contributed by atoms with Crippen molar-refractivity contribution < 1.29 is 9.13 Å². The molecule has 1 saturated heterocycles. The van der Waals surface area contributed by atoms with Crippen LogP contribution in [0, 0.1) is 0 Å². The van der Waals surface area contributed by atoms with Gasteiger partial charge in [-0.3, -0.25) is 0 Å². The van der Waals surface area contributed by atoms with Gasteiger partial charge in [-0.25, -0.2) is 18.9 Å². The molecule has 0 spiro atoms. The van der Waals surface area contributed by atoms with Gasteiger partial charge in [0, 0.05) is 12.0 Å². The van der Waals surface area contributed by atoms with E-state index < -0.39 is 6.17 Å². The predicted octanol–water partition coefficient (Wildman–Crippen LogP) is 3.00. The van der Waals surface area contributed by atoms with Crippen molar-refractivity contribution in [2.24, 2.45) is 0 Å². The summed E-state index contributed by atoms with van der Waals surface area (Å²) in [6.45, 7) is 6.90. The van der Waals surface area contributed by atoms with Crippen LogP contribution in [0.25, 0.3) is 5.52 Å². The number of anilines is 1. The zero-order valence-corrected chi connectivity index (χ0v) is 14.3. The van der Waals surface area contributed by atoms with Crippen LogP contribution in [0.4, 0.5) is 10.3 Å². The minimum absolute atomic E-state index is 0.102. The highest BCUT2D eigenvalue weighted by atomic mass is 35.5. The lowest BCUT2D eigenvalue weighted by Gasteiger charge is -2.26. The van der Waals surface area contributed by atoms with Crippen LogP contribution < -0.4 is 5.32 Å². The van der Waals surface area contributed by atoms with Crippen molar-refractivity contribution in [3.05, 3.63) is 17.2 Å². The zero-order chi connectivity index (χ0) is 16.6. The molecule has 1 fully saturated rings. The molecule has 1 aliphatic rings. The number of hydrogen-bond donors (Lipinski definition) is 1. The topological polar surface area (TPSA) is 64.3 Å². The van der Waals surface area contributed by atoms with Crippen molar-refractivity contribution in [1.82, 2.24) is 19.6 Å². The Bertz CT molecular complexity index is 704. The molecule has 0 aromatic carbocycles. The summed E-state index contributed by atoms with van der Waals surface area (Å²) >= 11 is 6.20. The lowest BCUT2D eigenvalue weighted by Crippen LogP contribution is -2.39. The van der Waals surface area contributed by atoms with E-state index in [-0.39, 0.29) is 18.1 Å². The third kappa shape index (κ3) is 3.12. The fourth-order valence-electron chi connectivity index (χ4n) is 2.55. The highest BCUT2D eigenvalue weighted by Crippen LogP contribution is 2.29. The number of nitrogens with zero attached hydrogens (tertiary/aromatic N) is 4. The number of alkyl halides is 1. The third-order valence-electron chi connectivity index (χ3n) is 4.44. The molecule has 8 heteroatoms. The molecule has 126 valence electrons. The van der Waals surface area contributed by atoms with Crippen LogP contribution in [0.15, 0.2) is 6.20 Å². The molecule has 0 bridgehead atoms. The van der Waals surface area contributed by atoms with Gasteiger partial charge in [-0.2, -0.15) is 0 Å². The van der Waals surface area contributed by atoms with E-state index in [9.17, 15) is 4.39 Å². The van der Waals surface area contributed by atoms with Crippen LogP contribution in [0.3, 0.4) is 0 Å². The first-order valence-corrected chi connectivity index (χ1v) is 8.20. The lowest BCUT2D eigenvalue weighted by molar-refractivity contribution is 0.0284. The van der Waals surface area contributed by atoms with Crippen LogP contribution in [0.5, 0.6) is 0 Å². The standard InChI is InChI=1S/C15H21ClFN5O/c1-4-15(2,3)13-20-12(16)11-7-18-14(21-22(11)13)19-10-5-6-23-8-9(10)17/h7,9-10H,4-6,8H2,1-3H3,(H,19,21)/t9-,10+/m1/s1. The van der Waals surface area contributed by atoms with Gasteiger partial charge in [-0.05, 0) is 12.8 Å². The Morgan fingerprint density at radius 2 is 2.30 bits per heavy atom. The highest BCUT2D eigenvalue weighted by molar-refractivity contribution is 6.32. The Morgan fingerprint density at radius 1 is 1.52 bits per heavy atom. The molecule has 3 heterocycles. The predicted molar refractivity (Wildman–Crippen MR) is 86.9 cm³/mol. The van der Waals surface area contributed by atoms with Crippen molar-refractivity contribution in [2.75, 3.05) is 18.5 Å². The number of rotatable bonds is 4. The van der Waals surface area contributed by atoms with Gasteiger partial charge in [0.1, 0.15) is 17.5 Å². The molecule has 1 aliphatic heterocycles. The van der Waals surface area contributed by atoms with Crippen LogP contribution in [0.1, 0.15) is 39.4 Å². The average molecular weight is 342 g/mol. The quantitative estimate of drug-likeness (QED) is 0.926. The van der Waals surface area contributed by atoms with Crippen LogP contribution >= 0.6 is 11.6 Å². The maximum Gasteiger partial charge on any atom is 0.241 e. The van der Waals surface area contributed by atoms with Gasteiger partial charge in [-0.15, -0.1) is 5.10 Å². The molecule has 23 heavy (non-hydrogen) atoms. The van der Waals surface area contributed by atoms with E-state index in [4.69, 9.17) is 16.3 Å². The molecule has 0 aliphatic carbocycles. The summed E-state index contributed by atoms with van der Waals surface area (Å²) in [6.07, 6.45) is 2.02. The maximum absolute atomic E-state index is 13.9. The monoisotopic (exact) mass is 341 g/mol. The number of hydrogen-bond acceptors (Lipinski definition) is 5. The van der Waals surface area contributed by atoms with Crippen molar-refractivity contribution in [3.63, 3.8) is 0 Å². The molecule has 0 unspecified atom stereocenters. The normalized spacial score (nSPS) is 22.5. The molecule has 2 atom stereocenters. The first-order valence-electron chi connectivity index (χ1n) is 7.82. The van der Waals surface area contributed by atoms with Crippen molar-refractivity contribution >= 4 is 23.1 Å². The Hall–Kier alpha value is -1.47. The molecule has 0 saturated carbocycles.